The van der Waals surface area contributed by atoms with Crippen molar-refractivity contribution in [2.75, 3.05) is 0 Å². The minimum Gasteiger partial charge on any atom is -0.261 e. The van der Waals surface area contributed by atoms with Gasteiger partial charge in [0.15, 0.2) is 0 Å². The van der Waals surface area contributed by atoms with E-state index in [-0.39, 0.29) is 5.82 Å². The summed E-state index contributed by atoms with van der Waals surface area (Å²) < 4.78 is 12.6. The quantitative estimate of drug-likeness (QED) is 0.763. The molecular formula is C12H11FN2. The van der Waals surface area contributed by atoms with E-state index in [4.69, 9.17) is 0 Å². The van der Waals surface area contributed by atoms with Gasteiger partial charge in [-0.3, -0.25) is 9.97 Å². The second-order valence-electron chi connectivity index (χ2n) is 3.32. The molecule has 1 aromatic heterocycles. The van der Waals surface area contributed by atoms with Gasteiger partial charge in [-0.1, -0.05) is 12.1 Å². The molecule has 76 valence electrons. The van der Waals surface area contributed by atoms with Crippen LogP contribution in [0.4, 0.5) is 4.39 Å². The Hall–Kier alpha value is -1.77. The molecule has 0 unspecified atom stereocenters. The Morgan fingerprint density at radius 1 is 1.00 bits per heavy atom. The third-order valence-electron chi connectivity index (χ3n) is 2.20. The molecule has 0 atom stereocenters. The normalized spacial score (nSPS) is 10.2. The van der Waals surface area contributed by atoms with Crippen molar-refractivity contribution in [3.8, 4) is 0 Å². The van der Waals surface area contributed by atoms with Crippen molar-refractivity contribution in [1.29, 1.82) is 0 Å². The Labute approximate surface area is 87.8 Å². The summed E-state index contributed by atoms with van der Waals surface area (Å²) >= 11 is 0. The van der Waals surface area contributed by atoms with E-state index in [2.05, 4.69) is 9.97 Å². The molecule has 0 fully saturated rings. The first-order valence-electron chi connectivity index (χ1n) is 4.84. The summed E-state index contributed by atoms with van der Waals surface area (Å²) in [6.45, 7) is 0. The van der Waals surface area contributed by atoms with E-state index in [1.807, 2.05) is 0 Å². The third-order valence-corrected chi connectivity index (χ3v) is 2.20. The first-order valence-corrected chi connectivity index (χ1v) is 4.84. The molecule has 0 bridgehead atoms. The number of nitrogens with zero attached hydrogens (tertiary/aromatic N) is 2. The Morgan fingerprint density at radius 2 is 1.80 bits per heavy atom. The molecule has 2 nitrogen and oxygen atoms in total. The lowest BCUT2D eigenvalue weighted by Crippen LogP contribution is -1.94. The average Bonchev–Trinajstić information content (AvgIpc) is 2.30. The van der Waals surface area contributed by atoms with Crippen molar-refractivity contribution in [1.82, 2.24) is 9.97 Å². The zero-order valence-corrected chi connectivity index (χ0v) is 8.23. The molecule has 2 aromatic rings. The van der Waals surface area contributed by atoms with E-state index in [9.17, 15) is 4.39 Å². The minimum atomic E-state index is -0.196. The summed E-state index contributed by atoms with van der Waals surface area (Å²) in [5.41, 5.74) is 2.07. The minimum absolute atomic E-state index is 0.196. The van der Waals surface area contributed by atoms with Crippen LogP contribution in [-0.2, 0) is 12.8 Å². The molecule has 0 saturated carbocycles. The van der Waals surface area contributed by atoms with E-state index in [0.29, 0.717) is 0 Å². The fourth-order valence-electron chi connectivity index (χ4n) is 1.38. The van der Waals surface area contributed by atoms with Gasteiger partial charge in [0, 0.05) is 18.6 Å². The highest BCUT2D eigenvalue weighted by Gasteiger charge is 1.97. The van der Waals surface area contributed by atoms with Crippen LogP contribution < -0.4 is 0 Å². The summed E-state index contributed by atoms with van der Waals surface area (Å²) in [6, 6.07) is 6.55. The van der Waals surface area contributed by atoms with Crippen LogP contribution in [0.3, 0.4) is 0 Å². The van der Waals surface area contributed by atoms with Gasteiger partial charge in [-0.05, 0) is 30.5 Å². The van der Waals surface area contributed by atoms with Crippen molar-refractivity contribution < 1.29 is 4.39 Å². The highest BCUT2D eigenvalue weighted by molar-refractivity contribution is 5.17. The van der Waals surface area contributed by atoms with E-state index < -0.39 is 0 Å². The molecule has 0 N–H and O–H groups in total. The van der Waals surface area contributed by atoms with Crippen molar-refractivity contribution in [3.05, 3.63) is 59.9 Å². The van der Waals surface area contributed by atoms with Crippen LogP contribution in [-0.4, -0.2) is 9.97 Å². The number of halogens is 1. The number of aryl methyl sites for hydroxylation is 2. The summed E-state index contributed by atoms with van der Waals surface area (Å²) in [5.74, 6) is -0.196. The fourth-order valence-corrected chi connectivity index (χ4v) is 1.38. The van der Waals surface area contributed by atoms with Gasteiger partial charge in [-0.15, -0.1) is 0 Å². The van der Waals surface area contributed by atoms with Crippen LogP contribution in [0.1, 0.15) is 11.3 Å². The number of benzene rings is 1. The van der Waals surface area contributed by atoms with Gasteiger partial charge < -0.3 is 0 Å². The third kappa shape index (κ3) is 2.84. The molecule has 0 spiro atoms. The van der Waals surface area contributed by atoms with E-state index in [0.717, 1.165) is 24.1 Å². The maximum absolute atomic E-state index is 12.6. The number of aromatic nitrogens is 2. The van der Waals surface area contributed by atoms with E-state index in [1.165, 1.54) is 12.1 Å². The molecule has 0 amide bonds. The number of hydrogen-bond donors (Lipinski definition) is 0. The van der Waals surface area contributed by atoms with Crippen molar-refractivity contribution >= 4 is 0 Å². The van der Waals surface area contributed by atoms with Gasteiger partial charge >= 0.3 is 0 Å². The number of rotatable bonds is 3. The number of hydrogen-bond acceptors (Lipinski definition) is 2. The van der Waals surface area contributed by atoms with Crippen LogP contribution in [0, 0.1) is 5.82 Å². The fraction of sp³-hybridized carbons (Fsp3) is 0.167. The summed E-state index contributed by atoms with van der Waals surface area (Å²) in [5, 5.41) is 0. The molecule has 15 heavy (non-hydrogen) atoms. The van der Waals surface area contributed by atoms with Crippen molar-refractivity contribution in [2.24, 2.45) is 0 Å². The largest absolute Gasteiger partial charge is 0.261 e. The molecule has 0 aliphatic carbocycles. The highest BCUT2D eigenvalue weighted by atomic mass is 19.1. The second kappa shape index (κ2) is 4.64. The predicted molar refractivity (Wildman–Crippen MR) is 55.8 cm³/mol. The lowest BCUT2D eigenvalue weighted by molar-refractivity contribution is 0.627. The van der Waals surface area contributed by atoms with Crippen molar-refractivity contribution in [2.45, 2.75) is 12.8 Å². The molecule has 0 saturated heterocycles. The van der Waals surface area contributed by atoms with Crippen LogP contribution >= 0.6 is 0 Å². The van der Waals surface area contributed by atoms with Gasteiger partial charge in [0.1, 0.15) is 5.82 Å². The highest BCUT2D eigenvalue weighted by Crippen LogP contribution is 2.06. The van der Waals surface area contributed by atoms with Crippen LogP contribution in [0.2, 0.25) is 0 Å². The van der Waals surface area contributed by atoms with Crippen LogP contribution in [0.5, 0.6) is 0 Å². The molecule has 2 rings (SSSR count). The van der Waals surface area contributed by atoms with Crippen LogP contribution in [0.25, 0.3) is 0 Å². The van der Waals surface area contributed by atoms with Gasteiger partial charge in [0.25, 0.3) is 0 Å². The molecular weight excluding hydrogens is 191 g/mol. The molecule has 3 heteroatoms. The summed E-state index contributed by atoms with van der Waals surface area (Å²) in [6.07, 6.45) is 6.78. The van der Waals surface area contributed by atoms with E-state index in [1.54, 1.807) is 30.7 Å². The topological polar surface area (TPSA) is 25.8 Å². The Bertz CT molecular complexity index is 411. The summed E-state index contributed by atoms with van der Waals surface area (Å²) in [4.78, 5) is 8.16. The Kier molecular flexibility index (Phi) is 3.02. The zero-order valence-electron chi connectivity index (χ0n) is 8.23. The van der Waals surface area contributed by atoms with Crippen molar-refractivity contribution in [3.63, 3.8) is 0 Å². The summed E-state index contributed by atoms with van der Waals surface area (Å²) in [7, 11) is 0. The maximum Gasteiger partial charge on any atom is 0.123 e. The Balaban J connectivity index is 1.96. The average molecular weight is 202 g/mol. The molecule has 0 radical (unpaired) electrons. The van der Waals surface area contributed by atoms with Gasteiger partial charge in [0.05, 0.1) is 5.69 Å². The molecule has 0 aliphatic heterocycles. The van der Waals surface area contributed by atoms with Gasteiger partial charge in [0.2, 0.25) is 0 Å². The van der Waals surface area contributed by atoms with Gasteiger partial charge in [-0.25, -0.2) is 4.39 Å². The first kappa shape index (κ1) is 9.77. The Morgan fingerprint density at radius 3 is 2.47 bits per heavy atom. The first-order chi connectivity index (χ1) is 7.34. The SMILES string of the molecule is Fc1ccc(CCc2cnccn2)cc1. The predicted octanol–water partition coefficient (Wildman–Crippen LogP) is 2.40. The molecule has 1 heterocycles. The molecule has 0 aliphatic rings. The standard InChI is InChI=1S/C12H11FN2/c13-11-4-1-10(2-5-11)3-6-12-9-14-7-8-15-12/h1-2,4-5,7-9H,3,6H2. The smallest absolute Gasteiger partial charge is 0.123 e. The zero-order chi connectivity index (χ0) is 10.5. The molecule has 1 aromatic carbocycles. The monoisotopic (exact) mass is 202 g/mol. The lowest BCUT2D eigenvalue weighted by atomic mass is 10.1. The maximum atomic E-state index is 12.6. The van der Waals surface area contributed by atoms with E-state index >= 15 is 0 Å². The lowest BCUT2D eigenvalue weighted by Gasteiger charge is -2.00. The second-order valence-corrected chi connectivity index (χ2v) is 3.32. The van der Waals surface area contributed by atoms with Crippen LogP contribution in [0.15, 0.2) is 42.9 Å². The van der Waals surface area contributed by atoms with Gasteiger partial charge in [-0.2, -0.15) is 0 Å².